The molecule has 0 saturated heterocycles. The molecule has 0 amide bonds. The van der Waals surface area contributed by atoms with Gasteiger partial charge in [0, 0.05) is 5.56 Å². The van der Waals surface area contributed by atoms with Gasteiger partial charge in [-0.3, -0.25) is 0 Å². The average molecular weight is 290 g/mol. The fourth-order valence-corrected chi connectivity index (χ4v) is 1.48. The van der Waals surface area contributed by atoms with Crippen LogP contribution in [0.25, 0.3) is 17.5 Å². The molecule has 2 aromatic rings. The fraction of sp³-hybridized carbons (Fsp3) is 0.0909. The van der Waals surface area contributed by atoms with Crippen LogP contribution in [0.2, 0.25) is 0 Å². The normalized spacial score (nSPS) is 11.5. The molecule has 0 unspecified atom stereocenters. The molecule has 0 N–H and O–H groups in total. The summed E-state index contributed by atoms with van der Waals surface area (Å²) < 4.78 is 3.57. The maximum Gasteiger partial charge on any atom is 0.268 e. The summed E-state index contributed by atoms with van der Waals surface area (Å²) >= 11 is 16.9. The maximum atomic E-state index is 5.64. The molecular weight excluding hydrogens is 282 g/mol. The summed E-state index contributed by atoms with van der Waals surface area (Å²) in [6.45, 7) is 3.68. The Labute approximate surface area is 113 Å². The molecule has 17 heavy (non-hydrogen) atoms. The Balaban J connectivity index is 2.40. The van der Waals surface area contributed by atoms with Crippen molar-refractivity contribution in [3.05, 3.63) is 42.3 Å². The van der Waals surface area contributed by atoms with E-state index < -0.39 is 3.79 Å². The van der Waals surface area contributed by atoms with E-state index in [1.807, 2.05) is 24.3 Å². The van der Waals surface area contributed by atoms with E-state index in [-0.39, 0.29) is 5.89 Å². The second-order valence-corrected chi connectivity index (χ2v) is 5.52. The van der Waals surface area contributed by atoms with Crippen molar-refractivity contribution in [1.29, 1.82) is 0 Å². The van der Waals surface area contributed by atoms with Gasteiger partial charge in [-0.2, -0.15) is 0 Å². The molecule has 3 nitrogen and oxygen atoms in total. The molecule has 0 aliphatic heterocycles. The molecule has 88 valence electrons. The van der Waals surface area contributed by atoms with Crippen LogP contribution < -0.4 is 0 Å². The lowest BCUT2D eigenvalue weighted by Crippen LogP contribution is -1.99. The number of halogens is 3. The summed E-state index contributed by atoms with van der Waals surface area (Å²) in [6.07, 6.45) is 1.72. The van der Waals surface area contributed by atoms with Crippen molar-refractivity contribution >= 4 is 40.9 Å². The number of nitrogens with zero attached hydrogens (tertiary/aromatic N) is 2. The predicted octanol–water partition coefficient (Wildman–Crippen LogP) is 4.21. The van der Waals surface area contributed by atoms with Crippen molar-refractivity contribution in [3.63, 3.8) is 0 Å². The van der Waals surface area contributed by atoms with E-state index in [1.165, 1.54) is 0 Å². The minimum absolute atomic E-state index is 0.0542. The number of aromatic nitrogens is 2. The van der Waals surface area contributed by atoms with Crippen LogP contribution >= 0.6 is 34.8 Å². The third-order valence-electron chi connectivity index (χ3n) is 2.04. The van der Waals surface area contributed by atoms with Gasteiger partial charge in [0.2, 0.25) is 5.89 Å². The zero-order valence-corrected chi connectivity index (χ0v) is 10.8. The molecule has 6 heteroatoms. The summed E-state index contributed by atoms with van der Waals surface area (Å²) in [6, 6.07) is 7.43. The summed E-state index contributed by atoms with van der Waals surface area (Å²) in [4.78, 5) is 0. The summed E-state index contributed by atoms with van der Waals surface area (Å²) in [5, 5.41) is 7.51. The summed E-state index contributed by atoms with van der Waals surface area (Å²) in [7, 11) is 0. The molecule has 0 spiro atoms. The maximum absolute atomic E-state index is 5.64. The molecule has 1 heterocycles. The number of benzene rings is 1. The van der Waals surface area contributed by atoms with Gasteiger partial charge in [-0.05, 0) is 17.7 Å². The minimum atomic E-state index is -1.71. The van der Waals surface area contributed by atoms with E-state index in [0.29, 0.717) is 5.89 Å². The second kappa shape index (κ2) is 4.69. The Kier molecular flexibility index (Phi) is 3.43. The lowest BCUT2D eigenvalue weighted by molar-refractivity contribution is 0.514. The van der Waals surface area contributed by atoms with Crippen molar-refractivity contribution in [1.82, 2.24) is 10.2 Å². The standard InChI is InChI=1S/C11H7Cl3N2O/c1-2-7-4-3-5-8(6-7)9-15-16-10(17-9)11(12,13)14/h2-6H,1H2. The molecule has 0 atom stereocenters. The highest BCUT2D eigenvalue weighted by molar-refractivity contribution is 6.66. The summed E-state index contributed by atoms with van der Waals surface area (Å²) in [5.41, 5.74) is 1.69. The number of hydrogen-bond acceptors (Lipinski definition) is 3. The Morgan fingerprint density at radius 2 is 2.00 bits per heavy atom. The Bertz CT molecular complexity index is 546. The van der Waals surface area contributed by atoms with Gasteiger partial charge in [0.1, 0.15) is 0 Å². The number of hydrogen-bond donors (Lipinski definition) is 0. The van der Waals surface area contributed by atoms with Gasteiger partial charge >= 0.3 is 0 Å². The largest absolute Gasteiger partial charge is 0.416 e. The second-order valence-electron chi connectivity index (χ2n) is 3.24. The molecule has 0 aliphatic carbocycles. The highest BCUT2D eigenvalue weighted by Crippen LogP contribution is 2.38. The minimum Gasteiger partial charge on any atom is -0.416 e. The number of rotatable bonds is 2. The Hall–Kier alpha value is -1.03. The highest BCUT2D eigenvalue weighted by atomic mass is 35.6. The van der Waals surface area contributed by atoms with Gasteiger partial charge in [0.25, 0.3) is 9.68 Å². The van der Waals surface area contributed by atoms with Crippen LogP contribution in [0.1, 0.15) is 11.5 Å². The van der Waals surface area contributed by atoms with Crippen LogP contribution in [-0.4, -0.2) is 10.2 Å². The van der Waals surface area contributed by atoms with Gasteiger partial charge in [-0.25, -0.2) is 0 Å². The lowest BCUT2D eigenvalue weighted by atomic mass is 10.1. The molecule has 0 aliphatic rings. The molecule has 2 rings (SSSR count). The molecule has 1 aromatic heterocycles. The first-order valence-corrected chi connectivity index (χ1v) is 5.77. The topological polar surface area (TPSA) is 38.9 Å². The molecular formula is C11H7Cl3N2O. The molecule has 0 fully saturated rings. The first-order valence-electron chi connectivity index (χ1n) is 4.64. The van der Waals surface area contributed by atoms with Gasteiger partial charge < -0.3 is 4.42 Å². The molecule has 1 aromatic carbocycles. The van der Waals surface area contributed by atoms with E-state index in [4.69, 9.17) is 39.2 Å². The predicted molar refractivity (Wildman–Crippen MR) is 69.1 cm³/mol. The van der Waals surface area contributed by atoms with Crippen molar-refractivity contribution in [3.8, 4) is 11.5 Å². The first-order chi connectivity index (χ1) is 8.00. The zero-order chi connectivity index (χ0) is 12.5. The van der Waals surface area contributed by atoms with Gasteiger partial charge in [-0.15, -0.1) is 10.2 Å². The van der Waals surface area contributed by atoms with Gasteiger partial charge in [0.15, 0.2) is 0 Å². The van der Waals surface area contributed by atoms with Crippen molar-refractivity contribution in [2.24, 2.45) is 0 Å². The van der Waals surface area contributed by atoms with Crippen molar-refractivity contribution < 1.29 is 4.42 Å². The van der Waals surface area contributed by atoms with Crippen LogP contribution in [0.3, 0.4) is 0 Å². The zero-order valence-electron chi connectivity index (χ0n) is 8.53. The molecule has 0 bridgehead atoms. The van der Waals surface area contributed by atoms with Crippen molar-refractivity contribution in [2.75, 3.05) is 0 Å². The SMILES string of the molecule is C=Cc1cccc(-c2nnc(C(Cl)(Cl)Cl)o2)c1. The van der Waals surface area contributed by atoms with Crippen LogP contribution in [0.15, 0.2) is 35.3 Å². The Morgan fingerprint density at radius 3 is 2.59 bits per heavy atom. The van der Waals surface area contributed by atoms with Crippen molar-refractivity contribution in [2.45, 2.75) is 3.79 Å². The third-order valence-corrected chi connectivity index (χ3v) is 2.52. The first kappa shape index (κ1) is 12.4. The lowest BCUT2D eigenvalue weighted by Gasteiger charge is -2.02. The van der Waals surface area contributed by atoms with Crippen LogP contribution in [0, 0.1) is 0 Å². The third kappa shape index (κ3) is 2.80. The van der Waals surface area contributed by atoms with Gasteiger partial charge in [-0.1, -0.05) is 59.6 Å². The van der Waals surface area contributed by atoms with E-state index in [1.54, 1.807) is 6.08 Å². The Morgan fingerprint density at radius 1 is 1.24 bits per heavy atom. The monoisotopic (exact) mass is 288 g/mol. The van der Waals surface area contributed by atoms with Gasteiger partial charge in [0.05, 0.1) is 0 Å². The fourth-order valence-electron chi connectivity index (χ4n) is 1.25. The van der Waals surface area contributed by atoms with Crippen LogP contribution in [0.4, 0.5) is 0 Å². The average Bonchev–Trinajstić information content (AvgIpc) is 2.78. The van der Waals surface area contributed by atoms with E-state index in [2.05, 4.69) is 16.8 Å². The highest BCUT2D eigenvalue weighted by Gasteiger charge is 2.30. The molecule has 0 saturated carbocycles. The quantitative estimate of drug-likeness (QED) is 0.778. The molecule has 0 radical (unpaired) electrons. The van der Waals surface area contributed by atoms with Crippen LogP contribution in [-0.2, 0) is 3.79 Å². The van der Waals surface area contributed by atoms with Crippen LogP contribution in [0.5, 0.6) is 0 Å². The summed E-state index contributed by atoms with van der Waals surface area (Å²) in [5.74, 6) is 0.247. The van der Waals surface area contributed by atoms with E-state index in [9.17, 15) is 0 Å². The smallest absolute Gasteiger partial charge is 0.268 e. The van der Waals surface area contributed by atoms with E-state index in [0.717, 1.165) is 11.1 Å². The van der Waals surface area contributed by atoms with E-state index >= 15 is 0 Å². The number of alkyl halides is 3.